The molecule has 1 saturated heterocycles. The van der Waals surface area contributed by atoms with Gasteiger partial charge in [-0.05, 0) is 19.3 Å². The number of nitriles is 1. The Morgan fingerprint density at radius 3 is 3.00 bits per heavy atom. The van der Waals surface area contributed by atoms with E-state index in [0.717, 1.165) is 30.5 Å². The summed E-state index contributed by atoms with van der Waals surface area (Å²) in [5.41, 5.74) is 2.23. The average molecular weight is 272 g/mol. The number of aromatic nitrogens is 3. The van der Waals surface area contributed by atoms with Gasteiger partial charge in [-0.2, -0.15) is 9.65 Å². The van der Waals surface area contributed by atoms with Crippen LogP contribution >= 0.6 is 0 Å². The summed E-state index contributed by atoms with van der Waals surface area (Å²) in [6.45, 7) is 1.34. The molecule has 1 aliphatic carbocycles. The van der Waals surface area contributed by atoms with Crippen LogP contribution in [0.25, 0.3) is 5.65 Å². The Bertz CT molecular complexity index is 727. The molecule has 1 atom stereocenters. The zero-order valence-corrected chi connectivity index (χ0v) is 10.8. The van der Waals surface area contributed by atoms with Crippen molar-refractivity contribution < 1.29 is 9.13 Å². The lowest BCUT2D eigenvalue weighted by atomic mass is 9.77. The van der Waals surface area contributed by atoms with Crippen molar-refractivity contribution in [3.05, 3.63) is 29.5 Å². The van der Waals surface area contributed by atoms with Crippen LogP contribution in [0.3, 0.4) is 0 Å². The number of hydrogen-bond donors (Lipinski definition) is 0. The Morgan fingerprint density at radius 2 is 2.25 bits per heavy atom. The van der Waals surface area contributed by atoms with E-state index in [2.05, 4.69) is 16.2 Å². The number of rotatable bonds is 0. The van der Waals surface area contributed by atoms with E-state index in [-0.39, 0.29) is 11.3 Å². The highest BCUT2D eigenvalue weighted by Crippen LogP contribution is 2.50. The maximum atomic E-state index is 13.5. The summed E-state index contributed by atoms with van der Waals surface area (Å²) in [6, 6.07) is 3.67. The highest BCUT2D eigenvalue weighted by molar-refractivity contribution is 5.48. The number of nitrogens with zero attached hydrogens (tertiary/aromatic N) is 4. The molecule has 0 bridgehead atoms. The van der Waals surface area contributed by atoms with Crippen molar-refractivity contribution >= 4 is 5.65 Å². The zero-order chi connectivity index (χ0) is 13.7. The second kappa shape index (κ2) is 4.00. The first-order valence-electron chi connectivity index (χ1n) is 6.75. The summed E-state index contributed by atoms with van der Waals surface area (Å²) < 4.78 is 20.5. The molecule has 6 heteroatoms. The minimum Gasteiger partial charge on any atom is -0.381 e. The smallest absolute Gasteiger partial charge is 0.235 e. The van der Waals surface area contributed by atoms with E-state index in [1.54, 1.807) is 10.7 Å². The van der Waals surface area contributed by atoms with Crippen molar-refractivity contribution in [2.45, 2.75) is 30.6 Å². The molecule has 2 aromatic heterocycles. The van der Waals surface area contributed by atoms with Gasteiger partial charge in [-0.3, -0.25) is 0 Å². The maximum Gasteiger partial charge on any atom is 0.235 e. The molecule has 1 unspecified atom stereocenters. The SMILES string of the molecule is N#CC1CC2(CCOCC2)c2c1cnc1cc(F)nn21. The maximum absolute atomic E-state index is 13.5. The van der Waals surface area contributed by atoms with E-state index in [0.29, 0.717) is 18.9 Å². The lowest BCUT2D eigenvalue weighted by molar-refractivity contribution is 0.0479. The van der Waals surface area contributed by atoms with Gasteiger partial charge in [0.25, 0.3) is 0 Å². The van der Waals surface area contributed by atoms with Crippen molar-refractivity contribution in [1.82, 2.24) is 14.6 Å². The molecule has 0 N–H and O–H groups in total. The van der Waals surface area contributed by atoms with Gasteiger partial charge in [0, 0.05) is 36.5 Å². The van der Waals surface area contributed by atoms with Gasteiger partial charge in [0.1, 0.15) is 0 Å². The molecule has 0 radical (unpaired) electrons. The highest BCUT2D eigenvalue weighted by Gasteiger charge is 2.47. The predicted molar refractivity (Wildman–Crippen MR) is 67.6 cm³/mol. The number of halogens is 1. The van der Waals surface area contributed by atoms with Gasteiger partial charge in [-0.1, -0.05) is 0 Å². The Hall–Kier alpha value is -2.00. The van der Waals surface area contributed by atoms with Gasteiger partial charge in [-0.25, -0.2) is 9.50 Å². The molecule has 1 aliphatic heterocycles. The molecule has 4 rings (SSSR count). The molecular formula is C14H13FN4O. The summed E-state index contributed by atoms with van der Waals surface area (Å²) >= 11 is 0. The average Bonchev–Trinajstić information content (AvgIpc) is 2.97. The Labute approximate surface area is 115 Å². The fraction of sp³-hybridized carbons (Fsp3) is 0.500. The molecular weight excluding hydrogens is 259 g/mol. The molecule has 2 aliphatic rings. The molecule has 0 amide bonds. The van der Waals surface area contributed by atoms with Crippen LogP contribution in [0.2, 0.25) is 0 Å². The van der Waals surface area contributed by atoms with E-state index in [9.17, 15) is 9.65 Å². The van der Waals surface area contributed by atoms with Crippen LogP contribution < -0.4 is 0 Å². The van der Waals surface area contributed by atoms with E-state index in [1.165, 1.54) is 6.07 Å². The Kier molecular flexibility index (Phi) is 2.36. The Morgan fingerprint density at radius 1 is 1.45 bits per heavy atom. The fourth-order valence-corrected chi connectivity index (χ4v) is 3.62. The minimum absolute atomic E-state index is 0.131. The van der Waals surface area contributed by atoms with Gasteiger partial charge in [0.15, 0.2) is 5.65 Å². The van der Waals surface area contributed by atoms with Gasteiger partial charge < -0.3 is 4.74 Å². The third-order valence-electron chi connectivity index (χ3n) is 4.56. The number of hydrogen-bond acceptors (Lipinski definition) is 4. The normalized spacial score (nSPS) is 23.9. The summed E-state index contributed by atoms with van der Waals surface area (Å²) in [4.78, 5) is 4.23. The van der Waals surface area contributed by atoms with Crippen LogP contribution in [0.15, 0.2) is 12.3 Å². The van der Waals surface area contributed by atoms with Crippen LogP contribution in [-0.4, -0.2) is 27.8 Å². The number of ether oxygens (including phenoxy) is 1. The molecule has 3 heterocycles. The zero-order valence-electron chi connectivity index (χ0n) is 10.8. The minimum atomic E-state index is -0.534. The summed E-state index contributed by atoms with van der Waals surface area (Å²) in [7, 11) is 0. The van der Waals surface area contributed by atoms with E-state index < -0.39 is 5.95 Å². The molecule has 0 aromatic carbocycles. The summed E-state index contributed by atoms with van der Waals surface area (Å²) in [6.07, 6.45) is 4.16. The van der Waals surface area contributed by atoms with E-state index in [4.69, 9.17) is 4.74 Å². The van der Waals surface area contributed by atoms with Crippen molar-refractivity contribution in [2.24, 2.45) is 0 Å². The summed E-state index contributed by atoms with van der Waals surface area (Å²) in [5.74, 6) is -0.722. The fourth-order valence-electron chi connectivity index (χ4n) is 3.62. The molecule has 0 saturated carbocycles. The van der Waals surface area contributed by atoms with Gasteiger partial charge in [-0.15, -0.1) is 5.10 Å². The topological polar surface area (TPSA) is 63.2 Å². The third kappa shape index (κ3) is 1.44. The molecule has 5 nitrogen and oxygen atoms in total. The first-order chi connectivity index (χ1) is 9.73. The second-order valence-corrected chi connectivity index (χ2v) is 5.58. The highest BCUT2D eigenvalue weighted by atomic mass is 19.1. The first-order valence-corrected chi connectivity index (χ1v) is 6.75. The molecule has 1 fully saturated rings. The van der Waals surface area contributed by atoms with Gasteiger partial charge in [0.05, 0.1) is 17.7 Å². The predicted octanol–water partition coefficient (Wildman–Crippen LogP) is 1.93. The van der Waals surface area contributed by atoms with Crippen molar-refractivity contribution in [1.29, 1.82) is 5.26 Å². The molecule has 102 valence electrons. The Balaban J connectivity index is 2.01. The largest absolute Gasteiger partial charge is 0.381 e. The van der Waals surface area contributed by atoms with Crippen LogP contribution in [-0.2, 0) is 10.2 Å². The molecule has 2 aromatic rings. The molecule has 20 heavy (non-hydrogen) atoms. The first kappa shape index (κ1) is 11.8. The van der Waals surface area contributed by atoms with Crippen molar-refractivity contribution in [2.75, 3.05) is 13.2 Å². The van der Waals surface area contributed by atoms with Crippen LogP contribution in [0, 0.1) is 17.3 Å². The third-order valence-corrected chi connectivity index (χ3v) is 4.56. The van der Waals surface area contributed by atoms with Gasteiger partial charge >= 0.3 is 0 Å². The van der Waals surface area contributed by atoms with Crippen LogP contribution in [0.5, 0.6) is 0 Å². The number of fused-ring (bicyclic) bond motifs is 4. The van der Waals surface area contributed by atoms with Crippen molar-refractivity contribution in [3.63, 3.8) is 0 Å². The van der Waals surface area contributed by atoms with Gasteiger partial charge in [0.2, 0.25) is 5.95 Å². The lowest BCUT2D eigenvalue weighted by Crippen LogP contribution is -2.33. The lowest BCUT2D eigenvalue weighted by Gasteiger charge is -2.34. The second-order valence-electron chi connectivity index (χ2n) is 5.58. The van der Waals surface area contributed by atoms with E-state index in [1.807, 2.05) is 0 Å². The van der Waals surface area contributed by atoms with Crippen LogP contribution in [0.4, 0.5) is 4.39 Å². The summed E-state index contributed by atoms with van der Waals surface area (Å²) in [5, 5.41) is 13.3. The quantitative estimate of drug-likeness (QED) is 0.735. The monoisotopic (exact) mass is 272 g/mol. The molecule has 1 spiro atoms. The van der Waals surface area contributed by atoms with Crippen LogP contribution in [0.1, 0.15) is 36.4 Å². The van der Waals surface area contributed by atoms with E-state index >= 15 is 0 Å². The van der Waals surface area contributed by atoms with Crippen molar-refractivity contribution in [3.8, 4) is 6.07 Å². The standard InChI is InChI=1S/C14H13FN4O/c15-11-5-12-17-8-10-9(7-16)6-14(1-3-20-4-2-14)13(10)19(12)18-11/h5,8-9H,1-4,6H2.